The number of hydrogen-bond acceptors (Lipinski definition) is 4. The number of aromatic nitrogens is 1. The normalized spacial score (nSPS) is 17.4. The van der Waals surface area contributed by atoms with E-state index in [2.05, 4.69) is 22.9 Å². The van der Waals surface area contributed by atoms with Crippen LogP contribution in [0.3, 0.4) is 0 Å². The van der Waals surface area contributed by atoms with Crippen LogP contribution in [0.15, 0.2) is 42.7 Å². The standard InChI is InChI=1S/C16H17N3O2/c1-2-16-15-11-17-9-7-12(15)8-10-18(16)13-3-5-14(6-4-13)19(20)21/h3-7,9,11,16H,2,8,10H2,1H3. The molecule has 1 aliphatic heterocycles. The van der Waals surface area contributed by atoms with Gasteiger partial charge in [0.05, 0.1) is 11.0 Å². The second-order valence-electron chi connectivity index (χ2n) is 5.22. The maximum Gasteiger partial charge on any atom is 0.269 e. The lowest BCUT2D eigenvalue weighted by molar-refractivity contribution is -0.384. The number of non-ortho nitro benzene ring substituents is 1. The zero-order valence-corrected chi connectivity index (χ0v) is 11.9. The van der Waals surface area contributed by atoms with Gasteiger partial charge in [-0.15, -0.1) is 0 Å². The average Bonchev–Trinajstić information content (AvgIpc) is 2.53. The van der Waals surface area contributed by atoms with E-state index in [0.717, 1.165) is 25.1 Å². The quantitative estimate of drug-likeness (QED) is 0.639. The van der Waals surface area contributed by atoms with Crippen molar-refractivity contribution >= 4 is 11.4 Å². The van der Waals surface area contributed by atoms with E-state index in [1.807, 2.05) is 24.5 Å². The van der Waals surface area contributed by atoms with Gasteiger partial charge >= 0.3 is 0 Å². The summed E-state index contributed by atoms with van der Waals surface area (Å²) in [6.45, 7) is 3.08. The zero-order chi connectivity index (χ0) is 14.8. The van der Waals surface area contributed by atoms with Gasteiger partial charge in [-0.25, -0.2) is 0 Å². The molecule has 1 aromatic heterocycles. The number of pyridine rings is 1. The maximum absolute atomic E-state index is 10.8. The van der Waals surface area contributed by atoms with Gasteiger partial charge in [-0.1, -0.05) is 6.92 Å². The maximum atomic E-state index is 10.8. The summed E-state index contributed by atoms with van der Waals surface area (Å²) < 4.78 is 0. The van der Waals surface area contributed by atoms with Gasteiger partial charge in [-0.2, -0.15) is 0 Å². The molecule has 2 aromatic rings. The topological polar surface area (TPSA) is 59.3 Å². The Morgan fingerprint density at radius 3 is 2.76 bits per heavy atom. The van der Waals surface area contributed by atoms with Gasteiger partial charge in [0.1, 0.15) is 0 Å². The lowest BCUT2D eigenvalue weighted by Gasteiger charge is -2.38. The van der Waals surface area contributed by atoms with Crippen LogP contribution in [-0.2, 0) is 6.42 Å². The number of benzene rings is 1. The van der Waals surface area contributed by atoms with E-state index in [0.29, 0.717) is 0 Å². The summed E-state index contributed by atoms with van der Waals surface area (Å²) in [5.41, 5.74) is 3.78. The van der Waals surface area contributed by atoms with E-state index in [4.69, 9.17) is 0 Å². The second-order valence-corrected chi connectivity index (χ2v) is 5.22. The first kappa shape index (κ1) is 13.5. The highest BCUT2D eigenvalue weighted by Gasteiger charge is 2.26. The van der Waals surface area contributed by atoms with E-state index in [1.165, 1.54) is 11.1 Å². The van der Waals surface area contributed by atoms with Gasteiger partial charge in [0, 0.05) is 36.8 Å². The molecule has 1 unspecified atom stereocenters. The Kier molecular flexibility index (Phi) is 3.56. The molecule has 1 aromatic carbocycles. The summed E-state index contributed by atoms with van der Waals surface area (Å²) in [5, 5.41) is 10.8. The van der Waals surface area contributed by atoms with E-state index in [9.17, 15) is 10.1 Å². The molecule has 1 atom stereocenters. The smallest absolute Gasteiger partial charge is 0.269 e. The fourth-order valence-electron chi connectivity index (χ4n) is 3.04. The van der Waals surface area contributed by atoms with E-state index < -0.39 is 0 Å². The lowest BCUT2D eigenvalue weighted by Crippen LogP contribution is -2.35. The van der Waals surface area contributed by atoms with Crippen molar-refractivity contribution < 1.29 is 4.92 Å². The lowest BCUT2D eigenvalue weighted by atomic mass is 9.92. The molecule has 5 heteroatoms. The number of anilines is 1. The largest absolute Gasteiger partial charge is 0.364 e. The van der Waals surface area contributed by atoms with E-state index in [-0.39, 0.29) is 16.7 Å². The van der Waals surface area contributed by atoms with E-state index in [1.54, 1.807) is 12.1 Å². The molecular weight excluding hydrogens is 266 g/mol. The summed E-state index contributed by atoms with van der Waals surface area (Å²) in [6, 6.07) is 9.18. The Bertz CT molecular complexity index is 655. The Hall–Kier alpha value is -2.43. The zero-order valence-electron chi connectivity index (χ0n) is 11.9. The molecule has 21 heavy (non-hydrogen) atoms. The van der Waals surface area contributed by atoms with Crippen LogP contribution in [0.1, 0.15) is 30.5 Å². The molecule has 0 amide bonds. The van der Waals surface area contributed by atoms with Gasteiger partial charge in [0.25, 0.3) is 5.69 Å². The number of nitro benzene ring substituents is 1. The summed E-state index contributed by atoms with van der Waals surface area (Å²) in [5.74, 6) is 0. The van der Waals surface area contributed by atoms with Crippen LogP contribution in [0, 0.1) is 10.1 Å². The Labute approximate surface area is 123 Å². The van der Waals surface area contributed by atoms with Crippen molar-refractivity contribution in [3.05, 3.63) is 64.0 Å². The SMILES string of the molecule is CCC1c2cnccc2CCN1c1ccc([N+](=O)[O-])cc1. The second kappa shape index (κ2) is 5.52. The van der Waals surface area contributed by atoms with Crippen molar-refractivity contribution in [1.29, 1.82) is 0 Å². The van der Waals surface area contributed by atoms with Crippen LogP contribution in [0.4, 0.5) is 11.4 Å². The number of rotatable bonds is 3. The molecule has 5 nitrogen and oxygen atoms in total. The molecule has 0 fully saturated rings. The minimum absolute atomic E-state index is 0.130. The molecule has 0 radical (unpaired) electrons. The molecular formula is C16H17N3O2. The minimum atomic E-state index is -0.365. The first-order valence-corrected chi connectivity index (χ1v) is 7.14. The number of nitrogens with zero attached hydrogens (tertiary/aromatic N) is 3. The Morgan fingerprint density at radius 2 is 2.10 bits per heavy atom. The predicted octanol–water partition coefficient (Wildman–Crippen LogP) is 3.50. The molecule has 0 saturated carbocycles. The van der Waals surface area contributed by atoms with Crippen molar-refractivity contribution in [3.8, 4) is 0 Å². The predicted molar refractivity (Wildman–Crippen MR) is 81.4 cm³/mol. The van der Waals surface area contributed by atoms with Crippen molar-refractivity contribution in [1.82, 2.24) is 4.98 Å². The van der Waals surface area contributed by atoms with Crippen molar-refractivity contribution in [2.24, 2.45) is 0 Å². The molecule has 2 heterocycles. The summed E-state index contributed by atoms with van der Waals surface area (Å²) in [4.78, 5) is 17.0. The molecule has 0 spiro atoms. The van der Waals surface area contributed by atoms with Crippen LogP contribution < -0.4 is 4.90 Å². The third-order valence-electron chi connectivity index (χ3n) is 4.08. The van der Waals surface area contributed by atoms with Gasteiger partial charge < -0.3 is 4.90 Å². The van der Waals surface area contributed by atoms with Crippen LogP contribution >= 0.6 is 0 Å². The summed E-state index contributed by atoms with van der Waals surface area (Å²) in [6.07, 6.45) is 5.75. The van der Waals surface area contributed by atoms with Crippen molar-refractivity contribution in [3.63, 3.8) is 0 Å². The molecule has 108 valence electrons. The molecule has 0 aliphatic carbocycles. The van der Waals surface area contributed by atoms with Gasteiger partial charge in [-0.05, 0) is 42.2 Å². The van der Waals surface area contributed by atoms with Crippen LogP contribution in [0.25, 0.3) is 0 Å². The highest BCUT2D eigenvalue weighted by atomic mass is 16.6. The summed E-state index contributed by atoms with van der Waals surface area (Å²) in [7, 11) is 0. The number of fused-ring (bicyclic) bond motifs is 1. The van der Waals surface area contributed by atoms with Crippen molar-refractivity contribution in [2.75, 3.05) is 11.4 Å². The Morgan fingerprint density at radius 1 is 1.33 bits per heavy atom. The molecule has 3 rings (SSSR count). The van der Waals surface area contributed by atoms with Crippen LogP contribution in [-0.4, -0.2) is 16.5 Å². The Balaban J connectivity index is 1.94. The fraction of sp³-hybridized carbons (Fsp3) is 0.312. The molecule has 0 N–H and O–H groups in total. The van der Waals surface area contributed by atoms with Gasteiger partial charge in [-0.3, -0.25) is 15.1 Å². The third kappa shape index (κ3) is 2.46. The van der Waals surface area contributed by atoms with Crippen LogP contribution in [0.5, 0.6) is 0 Å². The first-order valence-electron chi connectivity index (χ1n) is 7.14. The minimum Gasteiger partial charge on any atom is -0.364 e. The van der Waals surface area contributed by atoms with Crippen LogP contribution in [0.2, 0.25) is 0 Å². The van der Waals surface area contributed by atoms with Crippen molar-refractivity contribution in [2.45, 2.75) is 25.8 Å². The third-order valence-corrected chi connectivity index (χ3v) is 4.08. The number of nitro groups is 1. The fourth-order valence-corrected chi connectivity index (χ4v) is 3.04. The van der Waals surface area contributed by atoms with Gasteiger partial charge in [0.2, 0.25) is 0 Å². The van der Waals surface area contributed by atoms with E-state index >= 15 is 0 Å². The monoisotopic (exact) mass is 283 g/mol. The highest BCUT2D eigenvalue weighted by molar-refractivity contribution is 5.54. The highest BCUT2D eigenvalue weighted by Crippen LogP contribution is 2.35. The van der Waals surface area contributed by atoms with Gasteiger partial charge in [0.15, 0.2) is 0 Å². The molecule has 0 bridgehead atoms. The average molecular weight is 283 g/mol. The number of hydrogen-bond donors (Lipinski definition) is 0. The molecule has 0 saturated heterocycles. The first-order chi connectivity index (χ1) is 10.2. The summed E-state index contributed by atoms with van der Waals surface area (Å²) >= 11 is 0. The molecule has 1 aliphatic rings.